The first-order chi connectivity index (χ1) is 12.4. The topological polar surface area (TPSA) is 66.9 Å². The first-order valence-electron chi connectivity index (χ1n) is 8.15. The Labute approximate surface area is 157 Å². The van der Waals surface area contributed by atoms with Crippen LogP contribution in [0.3, 0.4) is 0 Å². The Bertz CT molecular complexity index is 934. The number of aromatic nitrogens is 2. The number of halogens is 1. The predicted octanol–water partition coefficient (Wildman–Crippen LogP) is 5.05. The highest BCUT2D eigenvalue weighted by Crippen LogP contribution is 2.22. The molecule has 0 aliphatic heterocycles. The molecule has 0 saturated heterocycles. The lowest BCUT2D eigenvalue weighted by Gasteiger charge is -2.09. The van der Waals surface area contributed by atoms with Gasteiger partial charge in [0, 0.05) is 28.8 Å². The predicted molar refractivity (Wildman–Crippen MR) is 105 cm³/mol. The van der Waals surface area contributed by atoms with Crippen molar-refractivity contribution >= 4 is 34.8 Å². The summed E-state index contributed by atoms with van der Waals surface area (Å²) < 4.78 is 0. The van der Waals surface area contributed by atoms with E-state index in [-0.39, 0.29) is 5.91 Å². The van der Waals surface area contributed by atoms with Gasteiger partial charge in [-0.2, -0.15) is 0 Å². The first kappa shape index (κ1) is 17.9. The zero-order valence-corrected chi connectivity index (χ0v) is 15.6. The fourth-order valence-electron chi connectivity index (χ4n) is 2.56. The van der Waals surface area contributed by atoms with Gasteiger partial charge in [0.15, 0.2) is 0 Å². The number of anilines is 3. The highest BCUT2D eigenvalue weighted by molar-refractivity contribution is 6.31. The molecule has 0 aliphatic carbocycles. The Morgan fingerprint density at radius 1 is 0.923 bits per heavy atom. The number of amides is 1. The molecule has 1 aromatic heterocycles. The molecule has 2 aromatic carbocycles. The third-order valence-corrected chi connectivity index (χ3v) is 4.23. The molecule has 1 heterocycles. The highest BCUT2D eigenvalue weighted by atomic mass is 35.5. The van der Waals surface area contributed by atoms with Crippen molar-refractivity contribution in [1.82, 2.24) is 9.97 Å². The van der Waals surface area contributed by atoms with Crippen molar-refractivity contribution in [3.05, 3.63) is 76.1 Å². The van der Waals surface area contributed by atoms with E-state index in [0.717, 1.165) is 28.1 Å². The SMILES string of the molecule is Cc1cc(C)cc(NC(=O)c2cnc(Nc3ccc(C)c(Cl)c3)nc2)c1. The van der Waals surface area contributed by atoms with E-state index in [1.165, 1.54) is 12.4 Å². The molecule has 0 atom stereocenters. The van der Waals surface area contributed by atoms with Gasteiger partial charge in [-0.25, -0.2) is 9.97 Å². The molecular formula is C20H19ClN4O. The summed E-state index contributed by atoms with van der Waals surface area (Å²) >= 11 is 6.11. The number of hydrogen-bond donors (Lipinski definition) is 2. The van der Waals surface area contributed by atoms with Gasteiger partial charge in [0.2, 0.25) is 5.95 Å². The maximum absolute atomic E-state index is 12.4. The van der Waals surface area contributed by atoms with E-state index >= 15 is 0 Å². The summed E-state index contributed by atoms with van der Waals surface area (Å²) in [6.07, 6.45) is 2.98. The summed E-state index contributed by atoms with van der Waals surface area (Å²) in [5.41, 5.74) is 5.10. The number of hydrogen-bond acceptors (Lipinski definition) is 4. The van der Waals surface area contributed by atoms with E-state index in [2.05, 4.69) is 26.7 Å². The largest absolute Gasteiger partial charge is 0.324 e. The van der Waals surface area contributed by atoms with Crippen molar-refractivity contribution in [2.45, 2.75) is 20.8 Å². The average Bonchev–Trinajstić information content (AvgIpc) is 2.58. The van der Waals surface area contributed by atoms with Gasteiger partial charge in [-0.3, -0.25) is 4.79 Å². The lowest BCUT2D eigenvalue weighted by molar-refractivity contribution is 0.102. The van der Waals surface area contributed by atoms with Crippen molar-refractivity contribution in [2.75, 3.05) is 10.6 Å². The van der Waals surface area contributed by atoms with E-state index in [4.69, 9.17) is 11.6 Å². The van der Waals surface area contributed by atoms with E-state index in [0.29, 0.717) is 16.5 Å². The van der Waals surface area contributed by atoms with Crippen LogP contribution in [0.15, 0.2) is 48.8 Å². The van der Waals surface area contributed by atoms with Crippen LogP contribution in [0.25, 0.3) is 0 Å². The molecule has 5 nitrogen and oxygen atoms in total. The first-order valence-corrected chi connectivity index (χ1v) is 8.53. The molecule has 6 heteroatoms. The van der Waals surface area contributed by atoms with E-state index < -0.39 is 0 Å². The Hall–Kier alpha value is -2.92. The van der Waals surface area contributed by atoms with E-state index in [1.54, 1.807) is 6.07 Å². The van der Waals surface area contributed by atoms with Crippen molar-refractivity contribution in [1.29, 1.82) is 0 Å². The lowest BCUT2D eigenvalue weighted by atomic mass is 10.1. The zero-order valence-electron chi connectivity index (χ0n) is 14.8. The number of carbonyl (C=O) groups excluding carboxylic acids is 1. The summed E-state index contributed by atoms with van der Waals surface area (Å²) in [6, 6.07) is 11.5. The second-order valence-corrected chi connectivity index (χ2v) is 6.62. The van der Waals surface area contributed by atoms with Crippen LogP contribution in [0, 0.1) is 20.8 Å². The molecule has 0 bridgehead atoms. The van der Waals surface area contributed by atoms with Gasteiger partial charge in [-0.1, -0.05) is 23.7 Å². The van der Waals surface area contributed by atoms with Crippen LogP contribution < -0.4 is 10.6 Å². The molecule has 0 unspecified atom stereocenters. The van der Waals surface area contributed by atoms with Crippen LogP contribution in [-0.4, -0.2) is 15.9 Å². The Kier molecular flexibility index (Phi) is 5.19. The molecule has 3 aromatic rings. The third-order valence-electron chi connectivity index (χ3n) is 3.82. The van der Waals surface area contributed by atoms with E-state index in [1.807, 2.05) is 45.0 Å². The van der Waals surface area contributed by atoms with Crippen LogP contribution in [0.2, 0.25) is 5.02 Å². The molecule has 132 valence electrons. The maximum Gasteiger partial charge on any atom is 0.258 e. The van der Waals surface area contributed by atoms with Crippen molar-refractivity contribution in [3.63, 3.8) is 0 Å². The normalized spacial score (nSPS) is 10.5. The standard InChI is InChI=1S/C20H19ClN4O/c1-12-6-13(2)8-17(7-12)24-19(26)15-10-22-20(23-11-15)25-16-5-4-14(3)18(21)9-16/h4-11H,1-3H3,(H,24,26)(H,22,23,25). The Morgan fingerprint density at radius 2 is 1.58 bits per heavy atom. The van der Waals surface area contributed by atoms with Crippen molar-refractivity contribution in [2.24, 2.45) is 0 Å². The number of nitrogens with one attached hydrogen (secondary N) is 2. The van der Waals surface area contributed by atoms with Gasteiger partial charge in [0.1, 0.15) is 0 Å². The van der Waals surface area contributed by atoms with Crippen LogP contribution in [0.1, 0.15) is 27.0 Å². The highest BCUT2D eigenvalue weighted by Gasteiger charge is 2.09. The van der Waals surface area contributed by atoms with Gasteiger partial charge in [-0.15, -0.1) is 0 Å². The third kappa shape index (κ3) is 4.37. The minimum Gasteiger partial charge on any atom is -0.324 e. The second kappa shape index (κ2) is 7.54. The number of aryl methyl sites for hydroxylation is 3. The van der Waals surface area contributed by atoms with Crippen LogP contribution in [-0.2, 0) is 0 Å². The molecule has 0 spiro atoms. The summed E-state index contributed by atoms with van der Waals surface area (Å²) in [5.74, 6) is 0.146. The summed E-state index contributed by atoms with van der Waals surface area (Å²) in [7, 11) is 0. The average molecular weight is 367 g/mol. The van der Waals surface area contributed by atoms with Gasteiger partial charge in [0.25, 0.3) is 5.91 Å². The molecule has 3 rings (SSSR count). The maximum atomic E-state index is 12.4. The molecule has 26 heavy (non-hydrogen) atoms. The molecule has 1 amide bonds. The van der Waals surface area contributed by atoms with Crippen LogP contribution >= 0.6 is 11.6 Å². The quantitative estimate of drug-likeness (QED) is 0.678. The number of benzene rings is 2. The molecule has 2 N–H and O–H groups in total. The van der Waals surface area contributed by atoms with Crippen LogP contribution in [0.4, 0.5) is 17.3 Å². The minimum atomic E-state index is -0.250. The minimum absolute atomic E-state index is 0.250. The summed E-state index contributed by atoms with van der Waals surface area (Å²) in [6.45, 7) is 5.92. The fraction of sp³-hybridized carbons (Fsp3) is 0.150. The molecular weight excluding hydrogens is 348 g/mol. The number of rotatable bonds is 4. The van der Waals surface area contributed by atoms with Crippen molar-refractivity contribution in [3.8, 4) is 0 Å². The summed E-state index contributed by atoms with van der Waals surface area (Å²) in [4.78, 5) is 20.8. The van der Waals surface area contributed by atoms with Gasteiger partial charge in [0.05, 0.1) is 5.56 Å². The van der Waals surface area contributed by atoms with Crippen molar-refractivity contribution < 1.29 is 4.79 Å². The van der Waals surface area contributed by atoms with Gasteiger partial charge < -0.3 is 10.6 Å². The molecule has 0 aliphatic rings. The van der Waals surface area contributed by atoms with E-state index in [9.17, 15) is 4.79 Å². The van der Waals surface area contributed by atoms with Gasteiger partial charge >= 0.3 is 0 Å². The zero-order chi connectivity index (χ0) is 18.7. The smallest absolute Gasteiger partial charge is 0.258 e. The van der Waals surface area contributed by atoms with Crippen LogP contribution in [0.5, 0.6) is 0 Å². The molecule has 0 fully saturated rings. The fourth-order valence-corrected chi connectivity index (χ4v) is 2.74. The Balaban J connectivity index is 1.70. The molecule has 0 saturated carbocycles. The number of carbonyl (C=O) groups is 1. The van der Waals surface area contributed by atoms with Gasteiger partial charge in [-0.05, 0) is 61.7 Å². The monoisotopic (exact) mass is 366 g/mol. The lowest BCUT2D eigenvalue weighted by Crippen LogP contribution is -2.13. The summed E-state index contributed by atoms with van der Waals surface area (Å²) in [5, 5.41) is 6.60. The second-order valence-electron chi connectivity index (χ2n) is 6.21. The number of nitrogens with zero attached hydrogens (tertiary/aromatic N) is 2. The Morgan fingerprint density at radius 3 is 2.19 bits per heavy atom. The molecule has 0 radical (unpaired) electrons.